The lowest BCUT2D eigenvalue weighted by Crippen LogP contribution is -2.52. The van der Waals surface area contributed by atoms with E-state index >= 15 is 0 Å². The zero-order valence-electron chi connectivity index (χ0n) is 14.2. The third kappa shape index (κ3) is 3.95. The molecule has 0 atom stereocenters. The van der Waals surface area contributed by atoms with Crippen molar-refractivity contribution in [3.8, 4) is 0 Å². The third-order valence-corrected chi connectivity index (χ3v) is 4.49. The maximum Gasteiger partial charge on any atom is 0.313 e. The minimum atomic E-state index is -0.635. The minimum absolute atomic E-state index is 0.0159. The van der Waals surface area contributed by atoms with Crippen LogP contribution in [0.1, 0.15) is 68.7 Å². The molecule has 19 heavy (non-hydrogen) atoms. The van der Waals surface area contributed by atoms with E-state index in [0.29, 0.717) is 6.42 Å². The van der Waals surface area contributed by atoms with Crippen LogP contribution in [0.3, 0.4) is 0 Å². The first-order valence-electron chi connectivity index (χ1n) is 7.03. The summed E-state index contributed by atoms with van der Waals surface area (Å²) in [5.41, 5.74) is -1.66. The second-order valence-corrected chi connectivity index (χ2v) is 8.25. The fourth-order valence-corrected chi connectivity index (χ4v) is 2.41. The van der Waals surface area contributed by atoms with E-state index in [0.717, 1.165) is 0 Å². The van der Waals surface area contributed by atoms with E-state index in [4.69, 9.17) is 9.84 Å². The number of ether oxygens (including phenoxy) is 1. The Bertz CT molecular complexity index is 302. The summed E-state index contributed by atoms with van der Waals surface area (Å²) in [5.74, 6) is -0.189. The SMILES string of the molecule is CC(C)(CCO)OC(=O)C(C)(C(C)(C)C)C(C)(C)C. The van der Waals surface area contributed by atoms with E-state index in [-0.39, 0.29) is 23.4 Å². The topological polar surface area (TPSA) is 46.5 Å². The van der Waals surface area contributed by atoms with Crippen molar-refractivity contribution >= 4 is 5.97 Å². The van der Waals surface area contributed by atoms with Gasteiger partial charge in [0, 0.05) is 13.0 Å². The quantitative estimate of drug-likeness (QED) is 0.792. The van der Waals surface area contributed by atoms with E-state index in [2.05, 4.69) is 41.5 Å². The second-order valence-electron chi connectivity index (χ2n) is 8.25. The molecule has 1 N–H and O–H groups in total. The first-order valence-corrected chi connectivity index (χ1v) is 7.03. The van der Waals surface area contributed by atoms with Crippen LogP contribution in [0.25, 0.3) is 0 Å². The summed E-state index contributed by atoms with van der Waals surface area (Å²) in [6, 6.07) is 0. The molecule has 3 nitrogen and oxygen atoms in total. The summed E-state index contributed by atoms with van der Waals surface area (Å²) in [4.78, 5) is 12.7. The average molecular weight is 272 g/mol. The van der Waals surface area contributed by atoms with Crippen molar-refractivity contribution in [2.45, 2.75) is 74.3 Å². The minimum Gasteiger partial charge on any atom is -0.459 e. The summed E-state index contributed by atoms with van der Waals surface area (Å²) in [6.07, 6.45) is 0.448. The molecule has 0 amide bonds. The maximum atomic E-state index is 12.7. The fraction of sp³-hybridized carbons (Fsp3) is 0.938. The first kappa shape index (κ1) is 18.4. The Hall–Kier alpha value is -0.570. The molecule has 0 rings (SSSR count). The highest BCUT2D eigenvalue weighted by Crippen LogP contribution is 2.52. The van der Waals surface area contributed by atoms with Crippen LogP contribution in [0.5, 0.6) is 0 Å². The Labute approximate surface area is 118 Å². The Morgan fingerprint density at radius 2 is 1.26 bits per heavy atom. The first-order chi connectivity index (χ1) is 8.19. The van der Waals surface area contributed by atoms with Crippen LogP contribution >= 0.6 is 0 Å². The largest absolute Gasteiger partial charge is 0.459 e. The zero-order valence-corrected chi connectivity index (χ0v) is 14.2. The van der Waals surface area contributed by atoms with Gasteiger partial charge >= 0.3 is 5.97 Å². The lowest BCUT2D eigenvalue weighted by molar-refractivity contribution is -0.187. The molecule has 0 unspecified atom stereocenters. The highest BCUT2D eigenvalue weighted by Gasteiger charge is 2.54. The molecule has 0 aliphatic carbocycles. The van der Waals surface area contributed by atoms with Gasteiger partial charge in [-0.2, -0.15) is 0 Å². The number of carbonyl (C=O) groups is 1. The molecule has 0 fully saturated rings. The van der Waals surface area contributed by atoms with E-state index in [1.807, 2.05) is 20.8 Å². The van der Waals surface area contributed by atoms with Crippen molar-refractivity contribution in [2.24, 2.45) is 16.2 Å². The van der Waals surface area contributed by atoms with Crippen molar-refractivity contribution in [1.82, 2.24) is 0 Å². The molecule has 0 aromatic rings. The van der Waals surface area contributed by atoms with Crippen molar-refractivity contribution in [1.29, 1.82) is 0 Å². The van der Waals surface area contributed by atoms with E-state index in [1.54, 1.807) is 0 Å². The molecule has 0 saturated carbocycles. The Balaban J connectivity index is 5.41. The highest BCUT2D eigenvalue weighted by atomic mass is 16.6. The van der Waals surface area contributed by atoms with Crippen LogP contribution in [0, 0.1) is 16.2 Å². The number of aliphatic hydroxyl groups is 1. The fourth-order valence-electron chi connectivity index (χ4n) is 2.41. The van der Waals surface area contributed by atoms with E-state index < -0.39 is 11.0 Å². The summed E-state index contributed by atoms with van der Waals surface area (Å²) < 4.78 is 5.70. The van der Waals surface area contributed by atoms with Gasteiger partial charge < -0.3 is 9.84 Å². The standard InChI is InChI=1S/C16H32O3/c1-13(2,3)16(9,14(4,5)6)12(18)19-15(7,8)10-11-17/h17H,10-11H2,1-9H3. The number of hydrogen-bond acceptors (Lipinski definition) is 3. The zero-order chi connectivity index (χ0) is 15.7. The van der Waals surface area contributed by atoms with Crippen LogP contribution in [0.15, 0.2) is 0 Å². The van der Waals surface area contributed by atoms with Crippen molar-refractivity contribution in [3.05, 3.63) is 0 Å². The highest BCUT2D eigenvalue weighted by molar-refractivity contribution is 5.78. The van der Waals surface area contributed by atoms with E-state index in [1.165, 1.54) is 0 Å². The van der Waals surface area contributed by atoms with Gasteiger partial charge in [0.25, 0.3) is 0 Å². The van der Waals surface area contributed by atoms with Gasteiger partial charge in [-0.05, 0) is 31.6 Å². The van der Waals surface area contributed by atoms with Gasteiger partial charge in [0.2, 0.25) is 0 Å². The number of esters is 1. The molecule has 0 aromatic carbocycles. The molecule has 0 radical (unpaired) electrons. The second kappa shape index (κ2) is 5.43. The predicted octanol–water partition coefficient (Wildman–Crippen LogP) is 3.79. The molecule has 114 valence electrons. The summed E-state index contributed by atoms with van der Waals surface area (Å²) >= 11 is 0. The number of aliphatic hydroxyl groups excluding tert-OH is 1. The molecule has 0 saturated heterocycles. The monoisotopic (exact) mass is 272 g/mol. The molecular weight excluding hydrogens is 240 g/mol. The van der Waals surface area contributed by atoms with Gasteiger partial charge in [0.1, 0.15) is 5.60 Å². The molecule has 0 aliphatic heterocycles. The Morgan fingerprint density at radius 3 is 1.53 bits per heavy atom. The maximum absolute atomic E-state index is 12.7. The van der Waals surface area contributed by atoms with Gasteiger partial charge in [-0.1, -0.05) is 41.5 Å². The Morgan fingerprint density at radius 1 is 0.895 bits per heavy atom. The smallest absolute Gasteiger partial charge is 0.313 e. The lowest BCUT2D eigenvalue weighted by Gasteiger charge is -2.49. The van der Waals surface area contributed by atoms with Crippen molar-refractivity contribution in [3.63, 3.8) is 0 Å². The van der Waals surface area contributed by atoms with Crippen LogP contribution in [0.2, 0.25) is 0 Å². The third-order valence-electron chi connectivity index (χ3n) is 4.49. The molecule has 0 heterocycles. The van der Waals surface area contributed by atoms with Gasteiger partial charge in [-0.15, -0.1) is 0 Å². The van der Waals surface area contributed by atoms with E-state index in [9.17, 15) is 4.79 Å². The van der Waals surface area contributed by atoms with Gasteiger partial charge in [-0.25, -0.2) is 0 Å². The van der Waals surface area contributed by atoms with Crippen LogP contribution in [-0.4, -0.2) is 23.3 Å². The van der Waals surface area contributed by atoms with Gasteiger partial charge in [0.15, 0.2) is 0 Å². The van der Waals surface area contributed by atoms with Gasteiger partial charge in [-0.3, -0.25) is 4.79 Å². The molecular formula is C16H32O3. The number of carbonyl (C=O) groups excluding carboxylic acids is 1. The molecule has 0 aromatic heterocycles. The summed E-state index contributed by atoms with van der Waals surface area (Å²) in [7, 11) is 0. The molecule has 0 bridgehead atoms. The number of rotatable bonds is 4. The van der Waals surface area contributed by atoms with Crippen LogP contribution < -0.4 is 0 Å². The van der Waals surface area contributed by atoms with Crippen molar-refractivity contribution < 1.29 is 14.6 Å². The predicted molar refractivity (Wildman–Crippen MR) is 78.9 cm³/mol. The normalized spacial score (nSPS) is 14.4. The van der Waals surface area contributed by atoms with Crippen molar-refractivity contribution in [2.75, 3.05) is 6.61 Å². The summed E-state index contributed by atoms with van der Waals surface area (Å²) in [6.45, 7) is 18.1. The molecule has 3 heteroatoms. The number of hydrogen-bond donors (Lipinski definition) is 1. The van der Waals surface area contributed by atoms with Gasteiger partial charge in [0.05, 0.1) is 5.41 Å². The Kier molecular flexibility index (Phi) is 5.27. The lowest BCUT2D eigenvalue weighted by atomic mass is 9.55. The molecule has 0 aliphatic rings. The average Bonchev–Trinajstić information content (AvgIpc) is 2.11. The van der Waals surface area contributed by atoms with Crippen LogP contribution in [0.4, 0.5) is 0 Å². The summed E-state index contributed by atoms with van der Waals surface area (Å²) in [5, 5.41) is 9.05. The van der Waals surface area contributed by atoms with Crippen LogP contribution in [-0.2, 0) is 9.53 Å². The molecule has 0 spiro atoms.